The molecule has 9 heteroatoms. The van der Waals surface area contributed by atoms with Gasteiger partial charge in [0.25, 0.3) is 5.91 Å². The molecule has 0 bridgehead atoms. The highest BCUT2D eigenvalue weighted by molar-refractivity contribution is 5.97. The van der Waals surface area contributed by atoms with Crippen LogP contribution in [0.5, 0.6) is 17.2 Å². The number of ether oxygens (including phenoxy) is 4. The van der Waals surface area contributed by atoms with E-state index in [1.807, 2.05) is 30.3 Å². The summed E-state index contributed by atoms with van der Waals surface area (Å²) >= 11 is 0. The maximum Gasteiger partial charge on any atom is 0.342 e. The molecule has 0 aliphatic heterocycles. The van der Waals surface area contributed by atoms with E-state index in [-0.39, 0.29) is 0 Å². The number of benzene rings is 2. The third kappa shape index (κ3) is 4.66. The van der Waals surface area contributed by atoms with Crippen LogP contribution in [-0.2, 0) is 9.53 Å². The monoisotopic (exact) mass is 439 g/mol. The second kappa shape index (κ2) is 9.86. The molecular weight excluding hydrogens is 414 g/mol. The molecule has 2 aromatic carbocycles. The molecule has 9 nitrogen and oxygen atoms in total. The molecule has 0 radical (unpaired) electrons. The van der Waals surface area contributed by atoms with E-state index in [1.165, 1.54) is 21.3 Å². The summed E-state index contributed by atoms with van der Waals surface area (Å²) in [5.74, 6) is 0.0406. The van der Waals surface area contributed by atoms with Gasteiger partial charge in [-0.1, -0.05) is 18.2 Å². The molecule has 1 amide bonds. The lowest BCUT2D eigenvalue weighted by Gasteiger charge is -2.14. The van der Waals surface area contributed by atoms with Crippen LogP contribution in [0.3, 0.4) is 0 Å². The molecule has 0 saturated heterocycles. The molecule has 1 N–H and O–H groups in total. The highest BCUT2D eigenvalue weighted by Gasteiger charge is 2.22. The number of aryl methyl sites for hydroxylation is 1. The van der Waals surface area contributed by atoms with Crippen LogP contribution in [-0.4, -0.2) is 49.6 Å². The predicted molar refractivity (Wildman–Crippen MR) is 118 cm³/mol. The van der Waals surface area contributed by atoms with Crippen molar-refractivity contribution in [2.24, 2.45) is 0 Å². The van der Waals surface area contributed by atoms with Gasteiger partial charge in [-0.15, -0.1) is 0 Å². The van der Waals surface area contributed by atoms with Gasteiger partial charge in [-0.3, -0.25) is 4.79 Å². The lowest BCUT2D eigenvalue weighted by molar-refractivity contribution is -0.119. The minimum atomic E-state index is -0.623. The number of esters is 1. The molecule has 3 rings (SSSR count). The average Bonchev–Trinajstić information content (AvgIpc) is 3.11. The van der Waals surface area contributed by atoms with Crippen LogP contribution in [0, 0.1) is 13.8 Å². The van der Waals surface area contributed by atoms with Gasteiger partial charge >= 0.3 is 5.97 Å². The Bertz CT molecular complexity index is 1100. The van der Waals surface area contributed by atoms with E-state index >= 15 is 0 Å². The van der Waals surface area contributed by atoms with Crippen LogP contribution < -0.4 is 19.5 Å². The smallest absolute Gasteiger partial charge is 0.342 e. The van der Waals surface area contributed by atoms with Crippen molar-refractivity contribution in [2.75, 3.05) is 33.3 Å². The molecule has 0 aliphatic rings. The maximum atomic E-state index is 12.7. The molecule has 0 spiro atoms. The first kappa shape index (κ1) is 22.7. The number of nitrogens with one attached hydrogen (secondary N) is 1. The Labute approximate surface area is 185 Å². The first-order valence-electron chi connectivity index (χ1n) is 9.78. The summed E-state index contributed by atoms with van der Waals surface area (Å²) < 4.78 is 22.7. The number of methoxy groups -OCH3 is 3. The predicted octanol–water partition coefficient (Wildman–Crippen LogP) is 3.31. The van der Waals surface area contributed by atoms with Gasteiger partial charge in [-0.25, -0.2) is 9.48 Å². The molecule has 0 fully saturated rings. The second-order valence-electron chi connectivity index (χ2n) is 6.83. The number of amides is 1. The van der Waals surface area contributed by atoms with Crippen LogP contribution >= 0.6 is 0 Å². The summed E-state index contributed by atoms with van der Waals surface area (Å²) in [4.78, 5) is 25.0. The lowest BCUT2D eigenvalue weighted by Crippen LogP contribution is -2.21. The van der Waals surface area contributed by atoms with E-state index in [0.717, 1.165) is 5.69 Å². The van der Waals surface area contributed by atoms with Crippen molar-refractivity contribution >= 4 is 17.6 Å². The van der Waals surface area contributed by atoms with E-state index in [2.05, 4.69) is 10.4 Å². The molecule has 0 atom stereocenters. The zero-order valence-electron chi connectivity index (χ0n) is 18.6. The fourth-order valence-corrected chi connectivity index (χ4v) is 3.31. The fourth-order valence-electron chi connectivity index (χ4n) is 3.31. The standard InChI is InChI=1S/C23H25N3O6/c1-14-21(15(2)26(25-14)17-9-7-6-8-10-17)23(28)32-13-20(27)24-16-11-18(29-3)22(31-5)19(12-16)30-4/h6-12H,13H2,1-5H3,(H,24,27). The number of carbonyl (C=O) groups excluding carboxylic acids is 2. The molecular formula is C23H25N3O6. The number of hydrogen-bond acceptors (Lipinski definition) is 7. The first-order chi connectivity index (χ1) is 15.4. The molecule has 32 heavy (non-hydrogen) atoms. The minimum absolute atomic E-state index is 0.328. The Kier molecular flexibility index (Phi) is 6.99. The molecule has 0 aliphatic carbocycles. The molecule has 1 aromatic heterocycles. The van der Waals surface area contributed by atoms with Crippen LogP contribution in [0.25, 0.3) is 5.69 Å². The number of para-hydroxylation sites is 1. The zero-order valence-corrected chi connectivity index (χ0v) is 18.6. The Morgan fingerprint density at radius 2 is 1.59 bits per heavy atom. The summed E-state index contributed by atoms with van der Waals surface area (Å²) in [6, 6.07) is 12.6. The molecule has 0 unspecified atom stereocenters. The van der Waals surface area contributed by atoms with Crippen molar-refractivity contribution in [3.8, 4) is 22.9 Å². The number of hydrogen-bond donors (Lipinski definition) is 1. The van der Waals surface area contributed by atoms with Gasteiger partial charge in [0.15, 0.2) is 18.1 Å². The number of rotatable bonds is 8. The summed E-state index contributed by atoms with van der Waals surface area (Å²) in [7, 11) is 4.44. The quantitative estimate of drug-likeness (QED) is 0.538. The maximum absolute atomic E-state index is 12.7. The van der Waals surface area contributed by atoms with Gasteiger partial charge in [-0.05, 0) is 26.0 Å². The number of carbonyl (C=O) groups is 2. The Morgan fingerprint density at radius 3 is 2.16 bits per heavy atom. The number of anilines is 1. The highest BCUT2D eigenvalue weighted by atomic mass is 16.5. The third-order valence-corrected chi connectivity index (χ3v) is 4.78. The molecule has 1 heterocycles. The summed E-state index contributed by atoms with van der Waals surface area (Å²) in [5, 5.41) is 7.08. The van der Waals surface area contributed by atoms with Gasteiger partial charge in [0, 0.05) is 17.8 Å². The van der Waals surface area contributed by atoms with Gasteiger partial charge in [0.2, 0.25) is 5.75 Å². The normalized spacial score (nSPS) is 10.4. The third-order valence-electron chi connectivity index (χ3n) is 4.78. The first-order valence-corrected chi connectivity index (χ1v) is 9.78. The van der Waals surface area contributed by atoms with Crippen molar-refractivity contribution in [1.29, 1.82) is 0 Å². The topological polar surface area (TPSA) is 101 Å². The van der Waals surface area contributed by atoms with Gasteiger partial charge in [0.1, 0.15) is 5.56 Å². The SMILES string of the molecule is COc1cc(NC(=O)COC(=O)c2c(C)nn(-c3ccccc3)c2C)cc(OC)c1OC. The zero-order chi connectivity index (χ0) is 23.3. The van der Waals surface area contributed by atoms with Crippen LogP contribution in [0.2, 0.25) is 0 Å². The van der Waals surface area contributed by atoms with Crippen molar-refractivity contribution < 1.29 is 28.5 Å². The van der Waals surface area contributed by atoms with Crippen LogP contribution in [0.4, 0.5) is 5.69 Å². The van der Waals surface area contributed by atoms with E-state index in [4.69, 9.17) is 18.9 Å². The summed E-state index contributed by atoms with van der Waals surface area (Å²) in [6.45, 7) is 3.03. The molecule has 3 aromatic rings. The highest BCUT2D eigenvalue weighted by Crippen LogP contribution is 2.39. The molecule has 0 saturated carbocycles. The Morgan fingerprint density at radius 1 is 0.969 bits per heavy atom. The van der Waals surface area contributed by atoms with E-state index in [9.17, 15) is 9.59 Å². The van der Waals surface area contributed by atoms with Crippen LogP contribution in [0.1, 0.15) is 21.7 Å². The number of nitrogens with zero attached hydrogens (tertiary/aromatic N) is 2. The van der Waals surface area contributed by atoms with Crippen molar-refractivity contribution in [3.05, 3.63) is 59.4 Å². The van der Waals surface area contributed by atoms with Gasteiger partial charge in [0.05, 0.1) is 38.4 Å². The second-order valence-corrected chi connectivity index (χ2v) is 6.83. The van der Waals surface area contributed by atoms with Crippen LogP contribution in [0.15, 0.2) is 42.5 Å². The van der Waals surface area contributed by atoms with Crippen molar-refractivity contribution in [2.45, 2.75) is 13.8 Å². The summed E-state index contributed by atoms with van der Waals surface area (Å²) in [5.41, 5.74) is 2.71. The van der Waals surface area contributed by atoms with Gasteiger partial charge in [-0.2, -0.15) is 5.10 Å². The lowest BCUT2D eigenvalue weighted by atomic mass is 10.2. The number of aromatic nitrogens is 2. The van der Waals surface area contributed by atoms with Crippen molar-refractivity contribution in [1.82, 2.24) is 9.78 Å². The summed E-state index contributed by atoms with van der Waals surface area (Å²) in [6.07, 6.45) is 0. The van der Waals surface area contributed by atoms with E-state index < -0.39 is 18.5 Å². The minimum Gasteiger partial charge on any atom is -0.493 e. The van der Waals surface area contributed by atoms with E-state index in [1.54, 1.807) is 30.7 Å². The fraction of sp³-hybridized carbons (Fsp3) is 0.261. The average molecular weight is 439 g/mol. The van der Waals surface area contributed by atoms with Crippen molar-refractivity contribution in [3.63, 3.8) is 0 Å². The molecule has 168 valence electrons. The van der Waals surface area contributed by atoms with E-state index in [0.29, 0.717) is 39.9 Å². The van der Waals surface area contributed by atoms with Gasteiger partial charge < -0.3 is 24.3 Å². The largest absolute Gasteiger partial charge is 0.493 e. The Balaban J connectivity index is 1.70. The Hall–Kier alpha value is -4.01.